The van der Waals surface area contributed by atoms with Crippen LogP contribution in [0.1, 0.15) is 17.0 Å². The number of hydrogen-bond donors (Lipinski definition) is 3. The van der Waals surface area contributed by atoms with Crippen LogP contribution in [-0.4, -0.2) is 26.3 Å². The van der Waals surface area contributed by atoms with Crippen LogP contribution >= 0.6 is 11.3 Å². The summed E-state index contributed by atoms with van der Waals surface area (Å²) in [6.07, 6.45) is -0.0309. The number of carbonyl (C=O) groups excluding carboxylic acids is 2. The van der Waals surface area contributed by atoms with E-state index in [2.05, 4.69) is 20.9 Å². The van der Waals surface area contributed by atoms with Crippen molar-refractivity contribution in [2.45, 2.75) is 20.3 Å². The summed E-state index contributed by atoms with van der Waals surface area (Å²) in [5.74, 6) is -0.369. The molecule has 0 saturated carbocycles. The molecule has 0 aliphatic heterocycles. The van der Waals surface area contributed by atoms with Gasteiger partial charge in [-0.25, -0.2) is 14.5 Å². The van der Waals surface area contributed by atoms with Gasteiger partial charge in [-0.3, -0.25) is 19.6 Å². The van der Waals surface area contributed by atoms with Gasteiger partial charge in [-0.1, -0.05) is 35.9 Å². The number of rotatable bonds is 6. The Morgan fingerprint density at radius 2 is 1.68 bits per heavy atom. The van der Waals surface area contributed by atoms with Gasteiger partial charge >= 0.3 is 6.03 Å². The molecule has 2 aromatic heterocycles. The van der Waals surface area contributed by atoms with E-state index in [1.54, 1.807) is 24.0 Å². The van der Waals surface area contributed by atoms with Crippen molar-refractivity contribution >= 4 is 39.8 Å². The average Bonchev–Trinajstić information content (AvgIpc) is 3.33. The molecule has 0 unspecified atom stereocenters. The van der Waals surface area contributed by atoms with Crippen LogP contribution in [0.3, 0.4) is 0 Å². The third-order valence-corrected chi connectivity index (χ3v) is 6.05. The molecule has 3 amide bonds. The number of carbonyl (C=O) groups is 2. The number of benzene rings is 2. The third kappa shape index (κ3) is 5.07. The molecule has 0 aliphatic carbocycles. The molecular weight excluding hydrogens is 452 g/mol. The van der Waals surface area contributed by atoms with Crippen LogP contribution in [0.15, 0.2) is 64.8 Å². The van der Waals surface area contributed by atoms with Crippen molar-refractivity contribution in [3.63, 3.8) is 0 Å². The number of para-hydroxylation sites is 1. The molecule has 0 fully saturated rings. The Bertz CT molecular complexity index is 1390. The van der Waals surface area contributed by atoms with E-state index in [-0.39, 0.29) is 23.6 Å². The predicted molar refractivity (Wildman–Crippen MR) is 134 cm³/mol. The fraction of sp³-hybridized carbons (Fsp3) is 0.167. The quantitative estimate of drug-likeness (QED) is 0.390. The highest BCUT2D eigenvalue weighted by Crippen LogP contribution is 2.18. The summed E-state index contributed by atoms with van der Waals surface area (Å²) in [5, 5.41) is 10.2. The van der Waals surface area contributed by atoms with Crippen LogP contribution in [0.5, 0.6) is 0 Å². The fourth-order valence-electron chi connectivity index (χ4n) is 3.40. The SMILES string of the molecule is Cc1ccc(NC(=O)Nc2nc(CC(=O)Nc3c(C)n(C)n(-c4ccccc4)c3=O)cs2)cc1. The number of amides is 3. The number of urea groups is 1. The Hall–Kier alpha value is -4.18. The zero-order chi connectivity index (χ0) is 24.2. The van der Waals surface area contributed by atoms with Crippen LogP contribution in [0.25, 0.3) is 5.69 Å². The maximum atomic E-state index is 13.0. The minimum absolute atomic E-state index is 0.0309. The highest BCUT2D eigenvalue weighted by molar-refractivity contribution is 7.14. The van der Waals surface area contributed by atoms with Gasteiger partial charge in [0.25, 0.3) is 5.56 Å². The molecule has 0 radical (unpaired) electrons. The zero-order valence-corrected chi connectivity index (χ0v) is 19.8. The highest BCUT2D eigenvalue weighted by Gasteiger charge is 2.19. The molecule has 0 spiro atoms. The van der Waals surface area contributed by atoms with Crippen LogP contribution in [0, 0.1) is 13.8 Å². The molecule has 0 atom stereocenters. The van der Waals surface area contributed by atoms with E-state index in [4.69, 9.17) is 0 Å². The molecule has 10 heteroatoms. The Labute approximate surface area is 200 Å². The molecule has 9 nitrogen and oxygen atoms in total. The summed E-state index contributed by atoms with van der Waals surface area (Å²) in [6, 6.07) is 16.2. The second-order valence-electron chi connectivity index (χ2n) is 7.75. The average molecular weight is 477 g/mol. The summed E-state index contributed by atoms with van der Waals surface area (Å²) in [7, 11) is 1.76. The maximum Gasteiger partial charge on any atom is 0.325 e. The normalized spacial score (nSPS) is 10.7. The lowest BCUT2D eigenvalue weighted by atomic mass is 10.2. The lowest BCUT2D eigenvalue weighted by Crippen LogP contribution is -2.23. The fourth-order valence-corrected chi connectivity index (χ4v) is 4.11. The first-order chi connectivity index (χ1) is 16.3. The number of nitrogens with zero attached hydrogens (tertiary/aromatic N) is 3. The van der Waals surface area contributed by atoms with Gasteiger partial charge < -0.3 is 10.6 Å². The van der Waals surface area contributed by atoms with E-state index in [1.807, 2.05) is 61.5 Å². The first-order valence-electron chi connectivity index (χ1n) is 10.5. The van der Waals surface area contributed by atoms with E-state index in [0.717, 1.165) is 5.56 Å². The summed E-state index contributed by atoms with van der Waals surface area (Å²) < 4.78 is 3.20. The minimum atomic E-state index is -0.421. The van der Waals surface area contributed by atoms with E-state index in [9.17, 15) is 14.4 Å². The van der Waals surface area contributed by atoms with Gasteiger partial charge in [0.05, 0.1) is 23.5 Å². The van der Waals surface area contributed by atoms with Crippen LogP contribution in [0.4, 0.5) is 21.3 Å². The summed E-state index contributed by atoms with van der Waals surface area (Å²) >= 11 is 1.22. The van der Waals surface area contributed by atoms with Gasteiger partial charge in [-0.15, -0.1) is 11.3 Å². The van der Waals surface area contributed by atoms with Crippen molar-refractivity contribution in [3.05, 3.63) is 87.3 Å². The summed E-state index contributed by atoms with van der Waals surface area (Å²) in [5.41, 5.74) is 3.51. The molecule has 2 aromatic carbocycles. The van der Waals surface area contributed by atoms with Crippen LogP contribution in [0.2, 0.25) is 0 Å². The van der Waals surface area contributed by atoms with Crippen LogP contribution < -0.4 is 21.5 Å². The zero-order valence-electron chi connectivity index (χ0n) is 19.0. The third-order valence-electron chi connectivity index (χ3n) is 5.24. The maximum absolute atomic E-state index is 13.0. The molecule has 174 valence electrons. The molecule has 0 bridgehead atoms. The number of aromatic nitrogens is 3. The largest absolute Gasteiger partial charge is 0.325 e. The van der Waals surface area contributed by atoms with E-state index >= 15 is 0 Å². The Morgan fingerprint density at radius 1 is 0.971 bits per heavy atom. The molecule has 0 saturated heterocycles. The standard InChI is InChI=1S/C24H24N6O3S/c1-15-9-11-17(12-10-15)25-23(33)28-24-26-18(14-34-24)13-20(31)27-21-16(2)29(3)30(22(21)32)19-7-5-4-6-8-19/h4-12,14H,13H2,1-3H3,(H,27,31)(H2,25,26,28,33). The molecular formula is C24H24N6O3S. The van der Waals surface area contributed by atoms with Crippen molar-refractivity contribution in [2.24, 2.45) is 7.05 Å². The van der Waals surface area contributed by atoms with Crippen molar-refractivity contribution in [2.75, 3.05) is 16.0 Å². The predicted octanol–water partition coefficient (Wildman–Crippen LogP) is 4.07. The number of anilines is 3. The highest BCUT2D eigenvalue weighted by atomic mass is 32.1. The van der Waals surface area contributed by atoms with Gasteiger partial charge in [0, 0.05) is 18.1 Å². The smallest absolute Gasteiger partial charge is 0.320 e. The minimum Gasteiger partial charge on any atom is -0.320 e. The molecule has 2 heterocycles. The topological polar surface area (TPSA) is 110 Å². The van der Waals surface area contributed by atoms with Gasteiger partial charge in [0.15, 0.2) is 5.13 Å². The molecule has 4 aromatic rings. The van der Waals surface area contributed by atoms with Gasteiger partial charge in [-0.2, -0.15) is 0 Å². The molecule has 0 aliphatic rings. The summed E-state index contributed by atoms with van der Waals surface area (Å²) in [4.78, 5) is 42.1. The number of thiazole rings is 1. The van der Waals surface area contributed by atoms with Crippen LogP contribution in [-0.2, 0) is 18.3 Å². The second kappa shape index (κ2) is 9.75. The molecule has 3 N–H and O–H groups in total. The molecule has 34 heavy (non-hydrogen) atoms. The van der Waals surface area contributed by atoms with Crippen molar-refractivity contribution < 1.29 is 9.59 Å². The van der Waals surface area contributed by atoms with Crippen molar-refractivity contribution in [1.82, 2.24) is 14.3 Å². The van der Waals surface area contributed by atoms with E-state index in [0.29, 0.717) is 27.9 Å². The van der Waals surface area contributed by atoms with Gasteiger partial charge in [0.1, 0.15) is 5.69 Å². The second-order valence-corrected chi connectivity index (χ2v) is 8.61. The summed E-state index contributed by atoms with van der Waals surface area (Å²) in [6.45, 7) is 3.74. The lowest BCUT2D eigenvalue weighted by molar-refractivity contribution is -0.115. The Morgan fingerprint density at radius 3 is 2.38 bits per heavy atom. The monoisotopic (exact) mass is 476 g/mol. The Kier molecular flexibility index (Phi) is 6.60. The van der Waals surface area contributed by atoms with Crippen molar-refractivity contribution in [1.29, 1.82) is 0 Å². The number of nitrogens with one attached hydrogen (secondary N) is 3. The van der Waals surface area contributed by atoms with E-state index in [1.165, 1.54) is 16.0 Å². The first-order valence-corrected chi connectivity index (χ1v) is 11.4. The number of hydrogen-bond acceptors (Lipinski definition) is 5. The van der Waals surface area contributed by atoms with E-state index < -0.39 is 6.03 Å². The van der Waals surface area contributed by atoms with Gasteiger partial charge in [0.2, 0.25) is 5.91 Å². The Balaban J connectivity index is 1.39. The molecule has 4 rings (SSSR count). The first kappa shape index (κ1) is 23.0. The van der Waals surface area contributed by atoms with Gasteiger partial charge in [-0.05, 0) is 38.1 Å². The lowest BCUT2D eigenvalue weighted by Gasteiger charge is -2.07. The van der Waals surface area contributed by atoms with Crippen molar-refractivity contribution in [3.8, 4) is 5.69 Å². The number of aryl methyl sites for hydroxylation is 1.